The first-order valence-corrected chi connectivity index (χ1v) is 7.67. The van der Waals surface area contributed by atoms with Crippen molar-refractivity contribution in [1.29, 1.82) is 0 Å². The van der Waals surface area contributed by atoms with Crippen LogP contribution in [-0.4, -0.2) is 28.5 Å². The Morgan fingerprint density at radius 3 is 2.50 bits per heavy atom. The topological polar surface area (TPSA) is 99.3 Å². The summed E-state index contributed by atoms with van der Waals surface area (Å²) < 4.78 is 13.3. The van der Waals surface area contributed by atoms with Crippen LogP contribution in [-0.2, 0) is 4.79 Å². The number of hydrogen-bond acceptors (Lipinski definition) is 3. The first kappa shape index (κ1) is 17.7. The molecule has 1 aromatic carbocycles. The van der Waals surface area contributed by atoms with Crippen LogP contribution >= 0.6 is 0 Å². The highest BCUT2D eigenvalue weighted by atomic mass is 19.1. The van der Waals surface area contributed by atoms with Crippen LogP contribution in [0.1, 0.15) is 37.0 Å². The number of aliphatic carboxylic acids is 1. The quantitative estimate of drug-likeness (QED) is 0.754. The van der Waals surface area contributed by atoms with Gasteiger partial charge in [0.25, 0.3) is 5.91 Å². The van der Waals surface area contributed by atoms with E-state index >= 15 is 0 Å². The molecule has 1 aromatic heterocycles. The molecule has 0 aliphatic rings. The van der Waals surface area contributed by atoms with Gasteiger partial charge in [-0.1, -0.05) is 13.8 Å². The Morgan fingerprint density at radius 1 is 1.25 bits per heavy atom. The molecule has 24 heavy (non-hydrogen) atoms. The van der Waals surface area contributed by atoms with Crippen LogP contribution in [0.4, 0.5) is 4.39 Å². The van der Waals surface area contributed by atoms with Gasteiger partial charge in [-0.25, -0.2) is 4.39 Å². The van der Waals surface area contributed by atoms with Crippen LogP contribution in [0.5, 0.6) is 0 Å². The van der Waals surface area contributed by atoms with E-state index in [1.54, 1.807) is 13.8 Å². The third kappa shape index (κ3) is 3.29. The van der Waals surface area contributed by atoms with Gasteiger partial charge in [0, 0.05) is 18.0 Å². The van der Waals surface area contributed by atoms with Crippen molar-refractivity contribution < 1.29 is 19.1 Å². The minimum absolute atomic E-state index is 0.0519. The van der Waals surface area contributed by atoms with E-state index in [2.05, 4.69) is 10.3 Å². The molecule has 128 valence electrons. The van der Waals surface area contributed by atoms with E-state index in [4.69, 9.17) is 0 Å². The first-order chi connectivity index (χ1) is 11.3. The number of carboxylic acid groups (broad SMARTS) is 1. The molecular weight excluding hydrogens is 315 g/mol. The van der Waals surface area contributed by atoms with Gasteiger partial charge in [0.2, 0.25) is 5.56 Å². The molecule has 2 aromatic rings. The Morgan fingerprint density at radius 2 is 1.92 bits per heavy atom. The summed E-state index contributed by atoms with van der Waals surface area (Å²) in [5, 5.41) is 12.4. The second-order valence-electron chi connectivity index (χ2n) is 5.71. The van der Waals surface area contributed by atoms with E-state index < -0.39 is 28.7 Å². The third-order valence-corrected chi connectivity index (χ3v) is 4.44. The summed E-state index contributed by atoms with van der Waals surface area (Å²) in [4.78, 5) is 38.1. The zero-order valence-electron chi connectivity index (χ0n) is 13.5. The predicted octanol–water partition coefficient (Wildman–Crippen LogP) is 2.29. The molecule has 1 heterocycles. The van der Waals surface area contributed by atoms with Crippen molar-refractivity contribution in [1.82, 2.24) is 10.3 Å². The number of amides is 1. The average Bonchev–Trinajstić information content (AvgIpc) is 2.54. The third-order valence-electron chi connectivity index (χ3n) is 4.44. The number of aromatic nitrogens is 1. The molecule has 7 heteroatoms. The maximum Gasteiger partial charge on any atom is 0.311 e. The summed E-state index contributed by atoms with van der Waals surface area (Å²) in [7, 11) is 0. The number of benzene rings is 1. The van der Waals surface area contributed by atoms with Gasteiger partial charge in [0.05, 0.1) is 16.5 Å². The molecule has 0 saturated carbocycles. The fourth-order valence-corrected chi connectivity index (χ4v) is 2.64. The molecule has 0 aliphatic carbocycles. The van der Waals surface area contributed by atoms with Crippen molar-refractivity contribution in [3.8, 4) is 0 Å². The molecule has 0 aliphatic heterocycles. The van der Waals surface area contributed by atoms with E-state index in [1.807, 2.05) is 0 Å². The number of rotatable bonds is 6. The Labute approximate surface area is 137 Å². The number of carbonyl (C=O) groups is 2. The lowest BCUT2D eigenvalue weighted by Crippen LogP contribution is -2.42. The number of halogens is 1. The SMILES string of the molecule is CCC(CC)(CNC(=O)c1cc(=O)[nH]c2cc(F)ccc12)C(=O)O. The predicted molar refractivity (Wildman–Crippen MR) is 87.5 cm³/mol. The van der Waals surface area contributed by atoms with Crippen molar-refractivity contribution in [2.24, 2.45) is 5.41 Å². The number of H-pyrrole nitrogens is 1. The van der Waals surface area contributed by atoms with Gasteiger partial charge >= 0.3 is 5.97 Å². The lowest BCUT2D eigenvalue weighted by molar-refractivity contribution is -0.149. The van der Waals surface area contributed by atoms with Crippen molar-refractivity contribution >= 4 is 22.8 Å². The van der Waals surface area contributed by atoms with Crippen LogP contribution < -0.4 is 10.9 Å². The molecule has 3 N–H and O–H groups in total. The molecule has 6 nitrogen and oxygen atoms in total. The number of carboxylic acids is 1. The second kappa shape index (κ2) is 6.82. The van der Waals surface area contributed by atoms with Crippen molar-refractivity contribution in [2.45, 2.75) is 26.7 Å². The van der Waals surface area contributed by atoms with Gasteiger partial charge in [-0.2, -0.15) is 0 Å². The highest BCUT2D eigenvalue weighted by Crippen LogP contribution is 2.26. The summed E-state index contributed by atoms with van der Waals surface area (Å²) in [6, 6.07) is 4.85. The Balaban J connectivity index is 2.35. The largest absolute Gasteiger partial charge is 0.481 e. The Bertz CT molecular complexity index is 840. The van der Waals surface area contributed by atoms with Crippen LogP contribution in [0.2, 0.25) is 0 Å². The first-order valence-electron chi connectivity index (χ1n) is 7.67. The lowest BCUT2D eigenvalue weighted by atomic mass is 9.82. The van der Waals surface area contributed by atoms with Crippen molar-refractivity contribution in [3.63, 3.8) is 0 Å². The van der Waals surface area contributed by atoms with Crippen LogP contribution in [0.15, 0.2) is 29.1 Å². The normalized spacial score (nSPS) is 11.5. The minimum atomic E-state index is -1.06. The Kier molecular flexibility index (Phi) is 5.02. The van der Waals surface area contributed by atoms with Gasteiger partial charge < -0.3 is 15.4 Å². The van der Waals surface area contributed by atoms with Gasteiger partial charge in [0.1, 0.15) is 5.82 Å². The number of nitrogens with one attached hydrogen (secondary N) is 2. The fraction of sp³-hybridized carbons (Fsp3) is 0.353. The molecule has 0 bridgehead atoms. The van der Waals surface area contributed by atoms with Gasteiger partial charge in [-0.3, -0.25) is 14.4 Å². The number of pyridine rings is 1. The summed E-state index contributed by atoms with van der Waals surface area (Å²) in [6.07, 6.45) is 0.723. The van der Waals surface area contributed by atoms with E-state index in [0.717, 1.165) is 12.1 Å². The van der Waals surface area contributed by atoms with Crippen molar-refractivity contribution in [2.75, 3.05) is 6.54 Å². The molecule has 0 atom stereocenters. The standard InChI is InChI=1S/C17H19FN2O4/c1-3-17(4-2,16(23)24)9-19-15(22)12-8-14(21)20-13-7-10(18)5-6-11(12)13/h5-8H,3-4,9H2,1-2H3,(H,19,22)(H,20,21)(H,23,24). The maximum absolute atomic E-state index is 13.3. The smallest absolute Gasteiger partial charge is 0.311 e. The van der Waals surface area contributed by atoms with E-state index in [9.17, 15) is 23.9 Å². The number of carbonyl (C=O) groups excluding carboxylic acids is 1. The summed E-state index contributed by atoms with van der Waals surface area (Å²) in [5.41, 5.74) is -1.30. The molecular formula is C17H19FN2O4. The second-order valence-corrected chi connectivity index (χ2v) is 5.71. The van der Waals surface area contributed by atoms with E-state index in [-0.39, 0.29) is 17.6 Å². The van der Waals surface area contributed by atoms with Crippen molar-refractivity contribution in [3.05, 3.63) is 46.0 Å². The maximum atomic E-state index is 13.3. The minimum Gasteiger partial charge on any atom is -0.481 e. The lowest BCUT2D eigenvalue weighted by Gasteiger charge is -2.26. The fourth-order valence-electron chi connectivity index (χ4n) is 2.64. The highest BCUT2D eigenvalue weighted by molar-refractivity contribution is 6.06. The van der Waals surface area contributed by atoms with E-state index in [0.29, 0.717) is 18.2 Å². The zero-order chi connectivity index (χ0) is 17.9. The van der Waals surface area contributed by atoms with E-state index in [1.165, 1.54) is 12.1 Å². The van der Waals surface area contributed by atoms with Crippen LogP contribution in [0.25, 0.3) is 10.9 Å². The van der Waals surface area contributed by atoms with Crippen LogP contribution in [0, 0.1) is 11.2 Å². The Hall–Kier alpha value is -2.70. The number of aromatic amines is 1. The summed E-state index contributed by atoms with van der Waals surface area (Å²) >= 11 is 0. The monoisotopic (exact) mass is 334 g/mol. The number of hydrogen-bond donors (Lipinski definition) is 3. The summed E-state index contributed by atoms with van der Waals surface area (Å²) in [6.45, 7) is 3.44. The molecule has 0 saturated heterocycles. The molecule has 1 amide bonds. The van der Waals surface area contributed by atoms with Crippen LogP contribution in [0.3, 0.4) is 0 Å². The molecule has 0 radical (unpaired) electrons. The zero-order valence-corrected chi connectivity index (χ0v) is 13.5. The average molecular weight is 334 g/mol. The molecule has 2 rings (SSSR count). The van der Waals surface area contributed by atoms with Gasteiger partial charge in [-0.05, 0) is 31.0 Å². The molecule has 0 spiro atoms. The highest BCUT2D eigenvalue weighted by Gasteiger charge is 2.35. The summed E-state index contributed by atoms with van der Waals surface area (Å²) in [5.74, 6) is -2.08. The van der Waals surface area contributed by atoms with Gasteiger partial charge in [0.15, 0.2) is 0 Å². The molecule has 0 unspecified atom stereocenters. The van der Waals surface area contributed by atoms with Gasteiger partial charge in [-0.15, -0.1) is 0 Å². The number of fused-ring (bicyclic) bond motifs is 1. The molecule has 0 fully saturated rings.